The van der Waals surface area contributed by atoms with E-state index in [9.17, 15) is 28.8 Å². The first-order valence-corrected chi connectivity index (χ1v) is 26.5. The molecule has 2 aliphatic carbocycles. The highest BCUT2D eigenvalue weighted by molar-refractivity contribution is 7.22. The number of hydrogen-bond donors (Lipinski definition) is 0. The number of nitrogens with zero attached hydrogens (tertiary/aromatic N) is 1. The molecular formula is C59H61NO15S. The maximum Gasteiger partial charge on any atom is 0.338 e. The Labute approximate surface area is 444 Å². The Hall–Kier alpha value is -7.79. The van der Waals surface area contributed by atoms with Gasteiger partial charge in [0.15, 0.2) is 22.3 Å². The number of fused-ring (bicyclic) bond motifs is 2. The van der Waals surface area contributed by atoms with Gasteiger partial charge in [0, 0.05) is 17.5 Å². The highest BCUT2D eigenvalue weighted by Gasteiger charge is 2.33. The zero-order valence-corrected chi connectivity index (χ0v) is 43.5. The maximum absolute atomic E-state index is 13.8. The van der Waals surface area contributed by atoms with E-state index in [2.05, 4.69) is 19.2 Å². The van der Waals surface area contributed by atoms with Gasteiger partial charge in [-0.3, -0.25) is 9.59 Å². The minimum atomic E-state index is -0.463. The number of hydrogen-bond acceptors (Lipinski definition) is 17. The Morgan fingerprint density at radius 3 is 1.58 bits per heavy atom. The molecule has 2 saturated carbocycles. The summed E-state index contributed by atoms with van der Waals surface area (Å²) in [7, 11) is 0. The number of furan rings is 1. The summed E-state index contributed by atoms with van der Waals surface area (Å²) in [6, 6.07) is 22.6. The normalized spacial score (nSPS) is 17.2. The molecule has 0 saturated heterocycles. The molecular weight excluding hydrogens is 995 g/mol. The quantitative estimate of drug-likeness (QED) is 0.0192. The van der Waals surface area contributed by atoms with Crippen LogP contribution in [0.4, 0.5) is 0 Å². The number of rotatable bonds is 23. The minimum Gasteiger partial charge on any atom is -0.494 e. The second-order valence-electron chi connectivity index (χ2n) is 18.9. The van der Waals surface area contributed by atoms with Crippen LogP contribution in [0.2, 0.25) is 0 Å². The van der Waals surface area contributed by atoms with E-state index in [0.29, 0.717) is 139 Å². The monoisotopic (exact) mass is 1060 g/mol. The molecule has 76 heavy (non-hydrogen) atoms. The van der Waals surface area contributed by atoms with Gasteiger partial charge in [0.1, 0.15) is 39.5 Å². The molecule has 0 N–H and O–H groups in total. The van der Waals surface area contributed by atoms with Gasteiger partial charge in [-0.1, -0.05) is 19.2 Å². The van der Waals surface area contributed by atoms with Crippen molar-refractivity contribution in [2.75, 3.05) is 26.4 Å². The van der Waals surface area contributed by atoms with Crippen LogP contribution in [0.5, 0.6) is 23.0 Å². The second kappa shape index (κ2) is 26.1. The predicted octanol–water partition coefficient (Wildman–Crippen LogP) is 11.7. The molecule has 398 valence electrons. The number of carbonyl (C=O) groups excluding carboxylic acids is 6. The number of carbonyl (C=O) groups is 6. The number of esters is 6. The molecule has 16 nitrogen and oxygen atoms in total. The molecule has 0 aliphatic heterocycles. The summed E-state index contributed by atoms with van der Waals surface area (Å²) >= 11 is 1.27. The summed E-state index contributed by atoms with van der Waals surface area (Å²) in [5.41, 5.74) is 3.93. The van der Waals surface area contributed by atoms with Crippen molar-refractivity contribution in [3.63, 3.8) is 0 Å². The van der Waals surface area contributed by atoms with Gasteiger partial charge < -0.3 is 42.3 Å². The van der Waals surface area contributed by atoms with Crippen molar-refractivity contribution in [2.24, 2.45) is 11.8 Å². The Morgan fingerprint density at radius 1 is 0.605 bits per heavy atom. The van der Waals surface area contributed by atoms with Crippen LogP contribution in [0.15, 0.2) is 109 Å². The molecule has 0 atom stereocenters. The zero-order chi connectivity index (χ0) is 53.6. The van der Waals surface area contributed by atoms with E-state index in [1.54, 1.807) is 60.7 Å². The van der Waals surface area contributed by atoms with Crippen LogP contribution in [0.25, 0.3) is 32.0 Å². The third-order valence-corrected chi connectivity index (χ3v) is 14.4. The van der Waals surface area contributed by atoms with Gasteiger partial charge >= 0.3 is 35.8 Å². The maximum atomic E-state index is 13.8. The lowest BCUT2D eigenvalue weighted by molar-refractivity contribution is -0.141. The number of ether oxygens (including phenoxy) is 8. The highest BCUT2D eigenvalue weighted by Crippen LogP contribution is 2.43. The summed E-state index contributed by atoms with van der Waals surface area (Å²) in [6.45, 7) is 12.2. The van der Waals surface area contributed by atoms with Crippen LogP contribution in [0.1, 0.15) is 109 Å². The second-order valence-corrected chi connectivity index (χ2v) is 19.9. The third kappa shape index (κ3) is 14.5. The van der Waals surface area contributed by atoms with Crippen molar-refractivity contribution in [1.82, 2.24) is 4.98 Å². The predicted molar refractivity (Wildman–Crippen MR) is 283 cm³/mol. The van der Waals surface area contributed by atoms with E-state index in [1.165, 1.54) is 11.3 Å². The largest absolute Gasteiger partial charge is 0.494 e. The lowest BCUT2D eigenvalue weighted by Crippen LogP contribution is -2.30. The highest BCUT2D eigenvalue weighted by atomic mass is 32.1. The number of benzene rings is 4. The molecule has 2 heterocycles. The van der Waals surface area contributed by atoms with Crippen LogP contribution in [0.3, 0.4) is 0 Å². The number of unbranched alkanes of at least 4 members (excludes halogenated alkanes) is 2. The van der Waals surface area contributed by atoms with E-state index in [0.717, 1.165) is 28.7 Å². The molecule has 0 amide bonds. The molecule has 0 spiro atoms. The van der Waals surface area contributed by atoms with E-state index < -0.39 is 47.7 Å². The van der Waals surface area contributed by atoms with Crippen LogP contribution in [-0.4, -0.2) is 79.4 Å². The standard InChI is InChI=1S/C59H61NO15S/c1-5-51(61)69-31-9-7-29-67-42-19-11-38(12-20-42)56(63)71-44-23-15-40(16-24-44)58(65)74-47-27-28-48(54-53(47)60-55(76-54)50-35-46-37(4)33-36(3)34-49(46)73-50)75-59(66)41-17-25-45(26-18-41)72-57(64)39-13-21-43(22-14-39)68-30-8-10-32-70-52(62)6-2/h5-6,11-14,19-22,27-28,33-35,40-41,44-45H,1-2,7-10,15-18,23-26,29-32H2,3-4H3. The number of aromatic nitrogens is 1. The van der Waals surface area contributed by atoms with Gasteiger partial charge in [-0.25, -0.2) is 24.2 Å². The molecule has 8 rings (SSSR count). The summed E-state index contributed by atoms with van der Waals surface area (Å²) in [5, 5.41) is 1.45. The SMILES string of the molecule is C=CC(=O)OCCCCOc1ccc(C(=O)OC2CCC(C(=O)Oc3ccc(OC(=O)C4CCC(OC(=O)c5ccc(OCCCCOC(=O)C=C)cc5)CC4)c4sc(-c5cc6c(C)cc(C)cc6o5)nc34)CC2)cc1. The van der Waals surface area contributed by atoms with E-state index in [4.69, 9.17) is 47.3 Å². The zero-order valence-electron chi connectivity index (χ0n) is 42.7. The van der Waals surface area contributed by atoms with Gasteiger partial charge in [0.2, 0.25) is 0 Å². The average Bonchev–Trinajstić information content (AvgIpc) is 4.08. The van der Waals surface area contributed by atoms with Crippen molar-refractivity contribution >= 4 is 68.3 Å². The first-order chi connectivity index (χ1) is 36.8. The Morgan fingerprint density at radius 2 is 1.08 bits per heavy atom. The van der Waals surface area contributed by atoms with Crippen molar-refractivity contribution in [3.8, 4) is 33.8 Å². The summed E-state index contributed by atoms with van der Waals surface area (Å²) < 4.78 is 52.1. The lowest BCUT2D eigenvalue weighted by atomic mass is 9.87. The minimum absolute atomic E-state index is 0.214. The average molecular weight is 1060 g/mol. The topological polar surface area (TPSA) is 202 Å². The molecule has 4 aromatic carbocycles. The smallest absolute Gasteiger partial charge is 0.338 e. The first kappa shape index (κ1) is 54.5. The van der Waals surface area contributed by atoms with Crippen LogP contribution in [0, 0.1) is 25.7 Å². The molecule has 6 aromatic rings. The molecule has 2 aromatic heterocycles. The van der Waals surface area contributed by atoms with Gasteiger partial charge in [-0.15, -0.1) is 11.3 Å². The molecule has 0 bridgehead atoms. The van der Waals surface area contributed by atoms with Crippen LogP contribution >= 0.6 is 11.3 Å². The van der Waals surface area contributed by atoms with Gasteiger partial charge in [-0.05, 0) is 175 Å². The molecule has 17 heteroatoms. The summed E-state index contributed by atoms with van der Waals surface area (Å²) in [5.74, 6) is -1.40. The van der Waals surface area contributed by atoms with Crippen LogP contribution < -0.4 is 18.9 Å². The van der Waals surface area contributed by atoms with E-state index in [-0.39, 0.29) is 36.9 Å². The number of thiazole rings is 1. The fraction of sp³-hybridized carbons (Fsp3) is 0.373. The first-order valence-electron chi connectivity index (χ1n) is 25.7. The molecule has 0 unspecified atom stereocenters. The Balaban J connectivity index is 0.847. The van der Waals surface area contributed by atoms with Crippen molar-refractivity contribution < 1.29 is 71.1 Å². The van der Waals surface area contributed by atoms with Gasteiger partial charge in [0.05, 0.1) is 49.4 Å². The van der Waals surface area contributed by atoms with Crippen molar-refractivity contribution in [2.45, 2.75) is 103 Å². The molecule has 2 aliphatic rings. The van der Waals surface area contributed by atoms with E-state index >= 15 is 0 Å². The molecule has 2 fully saturated rings. The van der Waals surface area contributed by atoms with E-state index in [1.807, 2.05) is 26.0 Å². The van der Waals surface area contributed by atoms with Crippen molar-refractivity contribution in [1.29, 1.82) is 0 Å². The third-order valence-electron chi connectivity index (χ3n) is 13.3. The summed E-state index contributed by atoms with van der Waals surface area (Å²) in [6.07, 6.45) is 7.84. The fourth-order valence-electron chi connectivity index (χ4n) is 9.10. The van der Waals surface area contributed by atoms with Crippen LogP contribution in [-0.2, 0) is 38.1 Å². The van der Waals surface area contributed by atoms with Gasteiger partial charge in [0.25, 0.3) is 0 Å². The summed E-state index contributed by atoms with van der Waals surface area (Å²) in [4.78, 5) is 81.0. The van der Waals surface area contributed by atoms with Gasteiger partial charge in [-0.2, -0.15) is 0 Å². The molecule has 0 radical (unpaired) electrons. The number of aryl methyl sites for hydroxylation is 2. The Kier molecular flexibility index (Phi) is 18.7. The Bertz CT molecular complexity index is 2890. The fourth-order valence-corrected chi connectivity index (χ4v) is 10.1. The van der Waals surface area contributed by atoms with Crippen molar-refractivity contribution in [3.05, 3.63) is 126 Å². The lowest BCUT2D eigenvalue weighted by Gasteiger charge is -2.27.